The zero-order valence-electron chi connectivity index (χ0n) is 10.2. The number of hydrogen-bond acceptors (Lipinski definition) is 4. The minimum Gasteiger partial charge on any atom is -0.444 e. The maximum atomic E-state index is 11.4. The molecule has 96 valence electrons. The number of nitrogens with one attached hydrogen (secondary N) is 1. The normalized spacial score (nSPS) is 14.1. The van der Waals surface area contributed by atoms with Crippen LogP contribution in [0.3, 0.4) is 0 Å². The SMILES string of the molecule is C#CC(I)OC(=O)[C@@H](C)NC(=O)OC(C)(C)C. The predicted octanol–water partition coefficient (Wildman–Crippen LogP) is 1.84. The molecule has 0 radical (unpaired) electrons. The molecule has 0 bridgehead atoms. The van der Waals surface area contributed by atoms with Gasteiger partial charge in [-0.25, -0.2) is 9.59 Å². The third-order valence-corrected chi connectivity index (χ3v) is 2.05. The van der Waals surface area contributed by atoms with Crippen molar-refractivity contribution in [2.75, 3.05) is 0 Å². The first-order chi connectivity index (χ1) is 7.65. The summed E-state index contributed by atoms with van der Waals surface area (Å²) in [4.78, 5) is 22.8. The predicted molar refractivity (Wildman–Crippen MR) is 71.6 cm³/mol. The lowest BCUT2D eigenvalue weighted by molar-refractivity contribution is -0.144. The average Bonchev–Trinajstić information content (AvgIpc) is 2.14. The van der Waals surface area contributed by atoms with E-state index in [4.69, 9.17) is 15.9 Å². The number of hydrogen-bond donors (Lipinski definition) is 1. The summed E-state index contributed by atoms with van der Waals surface area (Å²) < 4.78 is 9.17. The standard InChI is InChI=1S/C11H16INO4/c1-6-8(12)16-9(14)7(2)13-10(15)17-11(3,4)5/h1,7-8H,2-5H3,(H,13,15)/t7-,8?/m1/s1. The van der Waals surface area contributed by atoms with Gasteiger partial charge in [0.2, 0.25) is 4.11 Å². The minimum atomic E-state index is -0.810. The van der Waals surface area contributed by atoms with E-state index in [2.05, 4.69) is 11.2 Å². The molecule has 6 heteroatoms. The third kappa shape index (κ3) is 7.85. The van der Waals surface area contributed by atoms with Gasteiger partial charge in [-0.2, -0.15) is 0 Å². The van der Waals surface area contributed by atoms with Crippen LogP contribution >= 0.6 is 22.6 Å². The molecule has 0 saturated carbocycles. The Hall–Kier alpha value is -0.970. The monoisotopic (exact) mass is 353 g/mol. The van der Waals surface area contributed by atoms with Crippen LogP contribution in [0.1, 0.15) is 27.7 Å². The highest BCUT2D eigenvalue weighted by Crippen LogP contribution is 2.07. The molecular formula is C11H16INO4. The van der Waals surface area contributed by atoms with Crippen LogP contribution in [0.5, 0.6) is 0 Å². The van der Waals surface area contributed by atoms with Crippen molar-refractivity contribution in [2.24, 2.45) is 0 Å². The van der Waals surface area contributed by atoms with Gasteiger partial charge >= 0.3 is 12.1 Å². The molecule has 0 aliphatic carbocycles. The van der Waals surface area contributed by atoms with Crippen LogP contribution < -0.4 is 5.32 Å². The highest BCUT2D eigenvalue weighted by Gasteiger charge is 2.22. The number of carbonyl (C=O) groups excluding carboxylic acids is 2. The molecule has 0 aliphatic rings. The zero-order valence-corrected chi connectivity index (χ0v) is 12.4. The molecule has 0 aromatic rings. The summed E-state index contributed by atoms with van der Waals surface area (Å²) in [5.41, 5.74) is -0.613. The van der Waals surface area contributed by atoms with E-state index in [9.17, 15) is 9.59 Å². The first-order valence-corrected chi connectivity index (χ1v) is 6.20. The summed E-state index contributed by atoms with van der Waals surface area (Å²) in [5.74, 6) is 1.64. The van der Waals surface area contributed by atoms with Gasteiger partial charge in [0.15, 0.2) is 0 Å². The molecule has 0 fully saturated rings. The largest absolute Gasteiger partial charge is 0.444 e. The zero-order chi connectivity index (χ0) is 13.6. The number of carbonyl (C=O) groups is 2. The van der Waals surface area contributed by atoms with Gasteiger partial charge in [0, 0.05) is 0 Å². The summed E-state index contributed by atoms with van der Waals surface area (Å²) in [6.45, 7) is 6.68. The quantitative estimate of drug-likeness (QED) is 0.364. The van der Waals surface area contributed by atoms with Crippen LogP contribution in [0.15, 0.2) is 0 Å². The first kappa shape index (κ1) is 16.0. The summed E-state index contributed by atoms with van der Waals surface area (Å²) in [5, 5.41) is 2.36. The van der Waals surface area contributed by atoms with Crippen LogP contribution in [0.4, 0.5) is 4.79 Å². The molecular weight excluding hydrogens is 337 g/mol. The number of halogens is 1. The van der Waals surface area contributed by atoms with Gasteiger partial charge in [-0.05, 0) is 50.3 Å². The summed E-state index contributed by atoms with van der Waals surface area (Å²) in [6, 6.07) is -0.810. The molecule has 0 heterocycles. The molecule has 0 aromatic carbocycles. The number of alkyl halides is 1. The molecule has 0 spiro atoms. The van der Waals surface area contributed by atoms with Crippen molar-refractivity contribution in [3.63, 3.8) is 0 Å². The van der Waals surface area contributed by atoms with Gasteiger partial charge in [0.1, 0.15) is 11.6 Å². The van der Waals surface area contributed by atoms with Gasteiger partial charge in [0.25, 0.3) is 0 Å². The molecule has 0 aromatic heterocycles. The lowest BCUT2D eigenvalue weighted by Gasteiger charge is -2.21. The summed E-state index contributed by atoms with van der Waals surface area (Å²) >= 11 is 1.79. The Morgan fingerprint density at radius 2 is 1.94 bits per heavy atom. The van der Waals surface area contributed by atoms with E-state index in [1.165, 1.54) is 6.92 Å². The van der Waals surface area contributed by atoms with Crippen molar-refractivity contribution in [1.29, 1.82) is 0 Å². The highest BCUT2D eigenvalue weighted by molar-refractivity contribution is 14.1. The second-order valence-corrected chi connectivity index (χ2v) is 5.42. The molecule has 1 amide bonds. The van der Waals surface area contributed by atoms with E-state index in [0.717, 1.165) is 0 Å². The van der Waals surface area contributed by atoms with Crippen molar-refractivity contribution >= 4 is 34.7 Å². The number of ether oxygens (including phenoxy) is 2. The number of amides is 1. The summed E-state index contributed by atoms with van der Waals surface area (Å²) in [7, 11) is 0. The van der Waals surface area contributed by atoms with Crippen LogP contribution in [-0.4, -0.2) is 27.8 Å². The fourth-order valence-electron chi connectivity index (χ4n) is 0.781. The molecule has 0 rings (SSSR count). The van der Waals surface area contributed by atoms with Gasteiger partial charge in [0.05, 0.1) is 0 Å². The van der Waals surface area contributed by atoms with Crippen molar-refractivity contribution < 1.29 is 19.1 Å². The molecule has 5 nitrogen and oxygen atoms in total. The van der Waals surface area contributed by atoms with Crippen LogP contribution in [0.25, 0.3) is 0 Å². The van der Waals surface area contributed by atoms with Crippen LogP contribution in [-0.2, 0) is 14.3 Å². The number of rotatable bonds is 3. The maximum Gasteiger partial charge on any atom is 0.408 e. The second kappa shape index (κ2) is 6.69. The molecule has 17 heavy (non-hydrogen) atoms. The molecule has 0 saturated heterocycles. The Morgan fingerprint density at radius 1 is 1.41 bits per heavy atom. The fourth-order valence-corrected chi connectivity index (χ4v) is 1.03. The highest BCUT2D eigenvalue weighted by atomic mass is 127. The minimum absolute atomic E-state index is 0.604. The molecule has 1 unspecified atom stereocenters. The second-order valence-electron chi connectivity index (χ2n) is 4.29. The number of alkyl carbamates (subject to hydrolysis) is 1. The van der Waals surface area contributed by atoms with E-state index >= 15 is 0 Å². The third-order valence-electron chi connectivity index (χ3n) is 1.44. The Kier molecular flexibility index (Phi) is 6.31. The molecule has 0 aliphatic heterocycles. The Labute approximate surface area is 115 Å². The lowest BCUT2D eigenvalue weighted by Crippen LogP contribution is -2.42. The van der Waals surface area contributed by atoms with E-state index in [0.29, 0.717) is 0 Å². The van der Waals surface area contributed by atoms with E-state index in [-0.39, 0.29) is 0 Å². The maximum absolute atomic E-state index is 11.4. The number of terminal acetylenes is 1. The lowest BCUT2D eigenvalue weighted by atomic mass is 10.2. The van der Waals surface area contributed by atoms with Gasteiger partial charge in [-0.3, -0.25) is 0 Å². The van der Waals surface area contributed by atoms with Gasteiger partial charge in [-0.1, -0.05) is 5.92 Å². The Bertz CT molecular complexity index is 329. The van der Waals surface area contributed by atoms with E-state index in [1.807, 2.05) is 0 Å². The Balaban J connectivity index is 4.18. The van der Waals surface area contributed by atoms with Crippen molar-refractivity contribution in [2.45, 2.75) is 43.4 Å². The van der Waals surface area contributed by atoms with E-state index in [1.54, 1.807) is 43.4 Å². The topological polar surface area (TPSA) is 64.6 Å². The first-order valence-electron chi connectivity index (χ1n) is 4.96. The smallest absolute Gasteiger partial charge is 0.408 e. The van der Waals surface area contributed by atoms with Crippen LogP contribution in [0.2, 0.25) is 0 Å². The van der Waals surface area contributed by atoms with Crippen molar-refractivity contribution in [3.8, 4) is 12.3 Å². The number of esters is 1. The van der Waals surface area contributed by atoms with E-state index < -0.39 is 27.8 Å². The van der Waals surface area contributed by atoms with Gasteiger partial charge < -0.3 is 14.8 Å². The Morgan fingerprint density at radius 3 is 2.35 bits per heavy atom. The average molecular weight is 353 g/mol. The van der Waals surface area contributed by atoms with Crippen molar-refractivity contribution in [1.82, 2.24) is 5.32 Å². The van der Waals surface area contributed by atoms with Crippen LogP contribution in [0, 0.1) is 12.3 Å². The van der Waals surface area contributed by atoms with Crippen molar-refractivity contribution in [3.05, 3.63) is 0 Å². The summed E-state index contributed by atoms with van der Waals surface area (Å²) in [6.07, 6.45) is 4.38. The molecule has 2 atom stereocenters. The molecule has 1 N–H and O–H groups in total. The van der Waals surface area contributed by atoms with Gasteiger partial charge in [-0.15, -0.1) is 6.42 Å². The fraction of sp³-hybridized carbons (Fsp3) is 0.636.